The van der Waals surface area contributed by atoms with E-state index in [4.69, 9.17) is 11.6 Å². The van der Waals surface area contributed by atoms with Crippen LogP contribution >= 0.6 is 11.6 Å². The minimum atomic E-state index is -0.681. The van der Waals surface area contributed by atoms with Gasteiger partial charge >= 0.3 is 0 Å². The lowest BCUT2D eigenvalue weighted by atomic mass is 9.86. The molecule has 5 rings (SSSR count). The Balaban J connectivity index is 1.02. The van der Waals surface area contributed by atoms with Crippen molar-refractivity contribution in [3.63, 3.8) is 0 Å². The van der Waals surface area contributed by atoms with Crippen LogP contribution < -0.4 is 10.2 Å². The molecule has 4 atom stereocenters. The number of hydrogen-bond acceptors (Lipinski definition) is 5. The largest absolute Gasteiger partial charge is 0.369 e. The summed E-state index contributed by atoms with van der Waals surface area (Å²) in [6, 6.07) is 7.26. The average Bonchev–Trinajstić information content (AvgIpc) is 3.51. The van der Waals surface area contributed by atoms with Crippen LogP contribution in [0.4, 0.5) is 5.69 Å². The van der Waals surface area contributed by atoms with Crippen molar-refractivity contribution in [2.24, 2.45) is 17.8 Å². The fraction of sp³-hybridized carbons (Fsp3) is 0.654. The van der Waals surface area contributed by atoms with Crippen molar-refractivity contribution in [2.75, 3.05) is 44.2 Å². The molecule has 4 aliphatic rings. The molecule has 7 nitrogen and oxygen atoms in total. The molecule has 1 aromatic rings. The predicted molar refractivity (Wildman–Crippen MR) is 132 cm³/mol. The number of anilines is 1. The quantitative estimate of drug-likeness (QED) is 0.572. The van der Waals surface area contributed by atoms with Crippen molar-refractivity contribution in [1.29, 1.82) is 0 Å². The summed E-state index contributed by atoms with van der Waals surface area (Å²) in [4.78, 5) is 43.9. The highest BCUT2D eigenvalue weighted by Gasteiger charge is 2.42. The summed E-state index contributed by atoms with van der Waals surface area (Å²) in [6.07, 6.45) is 6.32. The zero-order valence-corrected chi connectivity index (χ0v) is 20.5. The molecular formula is C26H35ClN4O3. The topological polar surface area (TPSA) is 73.0 Å². The SMILES string of the molecule is O=C(CC1C[C@@H]2CC[C@H]1C2)N[C@H]1CC(=O)N(CCCN2CCN(c3cccc(Cl)c3)CC2)C1=O. The molecule has 2 saturated heterocycles. The number of benzene rings is 1. The molecule has 1 N–H and O–H groups in total. The van der Waals surface area contributed by atoms with Crippen LogP contribution in [0.1, 0.15) is 44.9 Å². The smallest absolute Gasteiger partial charge is 0.252 e. The molecule has 184 valence electrons. The Morgan fingerprint density at radius 2 is 1.88 bits per heavy atom. The number of halogens is 1. The summed E-state index contributed by atoms with van der Waals surface area (Å²) in [5, 5.41) is 3.61. The van der Waals surface area contributed by atoms with E-state index in [0.29, 0.717) is 24.8 Å². The molecule has 2 aliphatic carbocycles. The van der Waals surface area contributed by atoms with Gasteiger partial charge in [0.2, 0.25) is 11.8 Å². The van der Waals surface area contributed by atoms with Gasteiger partial charge in [-0.2, -0.15) is 0 Å². The first-order chi connectivity index (χ1) is 16.5. The average molecular weight is 487 g/mol. The number of nitrogens with zero attached hydrogens (tertiary/aromatic N) is 3. The molecule has 2 bridgehead atoms. The standard InChI is InChI=1S/C26H35ClN4O3/c27-21-3-1-4-22(16-21)30-11-9-29(10-12-30)7-2-8-31-25(33)17-23(26(31)34)28-24(32)15-20-14-18-5-6-19(20)13-18/h1,3-4,16,18-20,23H,2,5-15,17H2,(H,28,32)/t18-,19+,20?,23+/m1/s1. The first-order valence-electron chi connectivity index (χ1n) is 12.8. The second-order valence-corrected chi connectivity index (χ2v) is 10.9. The number of rotatable bonds is 8. The Kier molecular flexibility index (Phi) is 7.11. The van der Waals surface area contributed by atoms with Gasteiger partial charge in [0.15, 0.2) is 0 Å². The lowest BCUT2D eigenvalue weighted by Crippen LogP contribution is -2.47. The van der Waals surface area contributed by atoms with E-state index in [9.17, 15) is 14.4 Å². The number of nitrogens with one attached hydrogen (secondary N) is 1. The van der Waals surface area contributed by atoms with Crippen LogP contribution in [0.15, 0.2) is 24.3 Å². The minimum Gasteiger partial charge on any atom is -0.369 e. The lowest BCUT2D eigenvalue weighted by Gasteiger charge is -2.36. The zero-order chi connectivity index (χ0) is 23.7. The van der Waals surface area contributed by atoms with E-state index in [0.717, 1.165) is 62.2 Å². The number of hydrogen-bond donors (Lipinski definition) is 1. The van der Waals surface area contributed by atoms with Gasteiger partial charge in [-0.15, -0.1) is 0 Å². The maximum absolute atomic E-state index is 12.8. The van der Waals surface area contributed by atoms with E-state index in [1.807, 2.05) is 18.2 Å². The zero-order valence-electron chi connectivity index (χ0n) is 19.8. The van der Waals surface area contributed by atoms with E-state index in [1.165, 1.54) is 24.2 Å². The monoisotopic (exact) mass is 486 g/mol. The van der Waals surface area contributed by atoms with Crippen LogP contribution in [0.5, 0.6) is 0 Å². The van der Waals surface area contributed by atoms with Gasteiger partial charge in [-0.05, 0) is 68.2 Å². The van der Waals surface area contributed by atoms with Gasteiger partial charge in [-0.25, -0.2) is 0 Å². The second-order valence-electron chi connectivity index (χ2n) is 10.5. The summed E-state index contributed by atoms with van der Waals surface area (Å²) < 4.78 is 0. The molecule has 1 aromatic carbocycles. The van der Waals surface area contributed by atoms with Crippen LogP contribution in [-0.4, -0.2) is 72.8 Å². The Bertz CT molecular complexity index is 932. The molecule has 8 heteroatoms. The molecule has 2 saturated carbocycles. The molecule has 4 fully saturated rings. The summed E-state index contributed by atoms with van der Waals surface area (Å²) in [6.45, 7) is 5.01. The van der Waals surface area contributed by atoms with Crippen molar-refractivity contribution >= 4 is 35.0 Å². The highest BCUT2D eigenvalue weighted by molar-refractivity contribution is 6.30. The first-order valence-corrected chi connectivity index (χ1v) is 13.2. The van der Waals surface area contributed by atoms with Crippen LogP contribution in [0, 0.1) is 17.8 Å². The van der Waals surface area contributed by atoms with E-state index < -0.39 is 6.04 Å². The summed E-state index contributed by atoms with van der Waals surface area (Å²) >= 11 is 6.12. The summed E-state index contributed by atoms with van der Waals surface area (Å²) in [5.41, 5.74) is 1.15. The van der Waals surface area contributed by atoms with Gasteiger partial charge in [0.05, 0.1) is 6.42 Å². The molecule has 3 amide bonds. The maximum Gasteiger partial charge on any atom is 0.252 e. The van der Waals surface area contributed by atoms with E-state index in [1.54, 1.807) is 0 Å². The van der Waals surface area contributed by atoms with Gasteiger partial charge < -0.3 is 10.2 Å². The Morgan fingerprint density at radius 1 is 1.06 bits per heavy atom. The van der Waals surface area contributed by atoms with Crippen molar-refractivity contribution in [3.8, 4) is 0 Å². The van der Waals surface area contributed by atoms with E-state index >= 15 is 0 Å². The van der Waals surface area contributed by atoms with Crippen LogP contribution in [-0.2, 0) is 14.4 Å². The third kappa shape index (κ3) is 5.25. The number of amides is 3. The number of piperazine rings is 1. The van der Waals surface area contributed by atoms with Crippen LogP contribution in [0.25, 0.3) is 0 Å². The predicted octanol–water partition coefficient (Wildman–Crippen LogP) is 2.92. The van der Waals surface area contributed by atoms with Crippen molar-refractivity contribution in [1.82, 2.24) is 15.1 Å². The molecule has 2 heterocycles. The Labute approximate surface area is 206 Å². The highest BCUT2D eigenvalue weighted by Crippen LogP contribution is 2.49. The van der Waals surface area contributed by atoms with Gasteiger partial charge in [-0.3, -0.25) is 24.2 Å². The molecule has 2 aliphatic heterocycles. The Morgan fingerprint density at radius 3 is 2.59 bits per heavy atom. The number of likely N-dealkylation sites (tertiary alicyclic amines) is 1. The fourth-order valence-electron chi connectivity index (χ4n) is 6.50. The van der Waals surface area contributed by atoms with E-state index in [-0.39, 0.29) is 24.1 Å². The summed E-state index contributed by atoms with van der Waals surface area (Å²) in [7, 11) is 0. The molecule has 1 unspecified atom stereocenters. The molecule has 34 heavy (non-hydrogen) atoms. The highest BCUT2D eigenvalue weighted by atomic mass is 35.5. The van der Waals surface area contributed by atoms with Crippen molar-refractivity contribution in [3.05, 3.63) is 29.3 Å². The lowest BCUT2D eigenvalue weighted by molar-refractivity contribution is -0.140. The number of imide groups is 1. The van der Waals surface area contributed by atoms with Gasteiger partial charge in [0.1, 0.15) is 6.04 Å². The number of carbonyl (C=O) groups excluding carboxylic acids is 3. The van der Waals surface area contributed by atoms with Gasteiger partial charge in [-0.1, -0.05) is 24.1 Å². The molecular weight excluding hydrogens is 452 g/mol. The van der Waals surface area contributed by atoms with Gasteiger partial charge in [0.25, 0.3) is 5.91 Å². The molecule has 0 aromatic heterocycles. The van der Waals surface area contributed by atoms with Gasteiger partial charge in [0, 0.05) is 49.9 Å². The van der Waals surface area contributed by atoms with Crippen LogP contribution in [0.3, 0.4) is 0 Å². The molecule has 0 spiro atoms. The third-order valence-electron chi connectivity index (χ3n) is 8.31. The number of fused-ring (bicyclic) bond motifs is 2. The normalized spacial score (nSPS) is 29.3. The second kappa shape index (κ2) is 10.2. The van der Waals surface area contributed by atoms with Crippen LogP contribution in [0.2, 0.25) is 5.02 Å². The fourth-order valence-corrected chi connectivity index (χ4v) is 6.69. The van der Waals surface area contributed by atoms with Crippen molar-refractivity contribution < 1.29 is 14.4 Å². The maximum atomic E-state index is 12.8. The first kappa shape index (κ1) is 23.6. The number of carbonyl (C=O) groups is 3. The minimum absolute atomic E-state index is 0.0666. The third-order valence-corrected chi connectivity index (χ3v) is 8.55. The van der Waals surface area contributed by atoms with Crippen molar-refractivity contribution in [2.45, 2.75) is 51.0 Å². The molecule has 0 radical (unpaired) electrons. The van der Waals surface area contributed by atoms with E-state index in [2.05, 4.69) is 21.2 Å². The summed E-state index contributed by atoms with van der Waals surface area (Å²) in [5.74, 6) is 1.47. The Hall–Kier alpha value is -2.12.